The molecule has 0 aliphatic rings. The Hall–Kier alpha value is -3.74. The zero-order valence-electron chi connectivity index (χ0n) is 38.3. The summed E-state index contributed by atoms with van der Waals surface area (Å²) in [4.78, 5) is 26.0. The number of unbranched alkanes of at least 4 members (excludes halogenated alkanes) is 11. The van der Waals surface area contributed by atoms with Gasteiger partial charge in [-0.1, -0.05) is 206 Å². The molecule has 0 aromatic carbocycles. The smallest absolute Gasteiger partial charge is 0.306 e. The monoisotopic (exact) mass is 830 g/mol. The van der Waals surface area contributed by atoms with Crippen molar-refractivity contribution in [3.63, 3.8) is 0 Å². The van der Waals surface area contributed by atoms with Gasteiger partial charge in [-0.2, -0.15) is 0 Å². The SMILES string of the molecule is CC/C=C\C/C=C\C/C=C\C/C=C\C/C=C\C/C=C\CCC(=O)OC(CCCCC\C=C/C=C/C=C/C=C/CC)CC(=O)NC(CO)C(O)CCCCCCCCCCC. The van der Waals surface area contributed by atoms with Gasteiger partial charge in [0.15, 0.2) is 0 Å². The van der Waals surface area contributed by atoms with Crippen LogP contribution >= 0.6 is 0 Å². The first-order valence-corrected chi connectivity index (χ1v) is 23.8. The molecule has 60 heavy (non-hydrogen) atoms. The first-order chi connectivity index (χ1) is 29.5. The summed E-state index contributed by atoms with van der Waals surface area (Å²) in [5.41, 5.74) is 0. The molecule has 3 unspecified atom stereocenters. The molecule has 3 N–H and O–H groups in total. The van der Waals surface area contributed by atoms with Crippen molar-refractivity contribution in [1.82, 2.24) is 5.32 Å². The molecule has 6 nitrogen and oxygen atoms in total. The molecule has 0 saturated carbocycles. The highest BCUT2D eigenvalue weighted by atomic mass is 16.5. The average Bonchev–Trinajstić information content (AvgIpc) is 3.24. The van der Waals surface area contributed by atoms with Crippen LogP contribution in [-0.2, 0) is 14.3 Å². The number of aliphatic hydroxyl groups is 2. The summed E-state index contributed by atoms with van der Waals surface area (Å²) in [6.45, 7) is 6.15. The molecule has 1 amide bonds. The standard InChI is InChI=1S/C54H87NO5/c1-4-7-10-13-16-19-21-23-24-25-26-27-28-30-32-35-38-41-44-47-54(59)60-50(45-42-39-36-34-31-29-22-20-17-14-11-8-5-2)48-53(58)55-51(49-56)52(57)46-43-40-37-33-18-15-12-9-6-3/h7-8,10-11,14,16-17,19-20,22-24,26-27,29-32,38,41,50-52,56-57H,4-6,9,12-13,15,18,21,25,28,33-37,39-40,42-49H2,1-3H3,(H,55,58)/b10-7-,11-8+,17-14+,19-16-,22-20+,24-23-,27-26-,31-29-,32-30-,41-38-. The largest absolute Gasteiger partial charge is 0.462 e. The van der Waals surface area contributed by atoms with Gasteiger partial charge < -0.3 is 20.3 Å². The molecule has 0 aromatic rings. The summed E-state index contributed by atoms with van der Waals surface area (Å²) in [6, 6.07) is -0.736. The van der Waals surface area contributed by atoms with Crippen LogP contribution < -0.4 is 5.32 Å². The quantitative estimate of drug-likeness (QED) is 0.0247. The Bertz CT molecular complexity index is 1300. The summed E-state index contributed by atoms with van der Waals surface area (Å²) < 4.78 is 5.85. The van der Waals surface area contributed by atoms with Crippen LogP contribution in [0.15, 0.2) is 122 Å². The topological polar surface area (TPSA) is 95.9 Å². The number of allylic oxidation sites excluding steroid dienone is 20. The molecule has 0 fully saturated rings. The van der Waals surface area contributed by atoms with Crippen molar-refractivity contribution in [3.8, 4) is 0 Å². The fourth-order valence-electron chi connectivity index (χ4n) is 6.35. The number of nitrogens with one attached hydrogen (secondary N) is 1. The van der Waals surface area contributed by atoms with Gasteiger partial charge in [0.05, 0.1) is 25.2 Å². The predicted molar refractivity (Wildman–Crippen MR) is 259 cm³/mol. The third kappa shape index (κ3) is 41.0. The van der Waals surface area contributed by atoms with E-state index in [4.69, 9.17) is 4.74 Å². The molecule has 0 saturated heterocycles. The Morgan fingerprint density at radius 2 is 0.983 bits per heavy atom. The summed E-state index contributed by atoms with van der Waals surface area (Å²) in [5, 5.41) is 23.6. The predicted octanol–water partition coefficient (Wildman–Crippen LogP) is 14.1. The van der Waals surface area contributed by atoms with E-state index < -0.39 is 18.2 Å². The number of amides is 1. The Balaban J connectivity index is 4.79. The second-order valence-electron chi connectivity index (χ2n) is 15.5. The molecule has 0 radical (unpaired) electrons. The van der Waals surface area contributed by atoms with Gasteiger partial charge in [-0.25, -0.2) is 0 Å². The summed E-state index contributed by atoms with van der Waals surface area (Å²) in [5.74, 6) is -0.630. The minimum absolute atomic E-state index is 0.0125. The Morgan fingerprint density at radius 1 is 0.517 bits per heavy atom. The molecular weight excluding hydrogens is 743 g/mol. The first-order valence-electron chi connectivity index (χ1n) is 23.8. The lowest BCUT2D eigenvalue weighted by atomic mass is 10.0. The summed E-state index contributed by atoms with van der Waals surface area (Å²) in [6.07, 6.45) is 64.1. The molecule has 0 rings (SSSR count). The maximum Gasteiger partial charge on any atom is 0.306 e. The van der Waals surface area contributed by atoms with Crippen LogP contribution in [0.1, 0.15) is 181 Å². The van der Waals surface area contributed by atoms with Crippen LogP contribution in [-0.4, -0.2) is 46.9 Å². The molecule has 0 bridgehead atoms. The van der Waals surface area contributed by atoms with Crippen LogP contribution in [0.4, 0.5) is 0 Å². The van der Waals surface area contributed by atoms with Gasteiger partial charge in [0.2, 0.25) is 5.91 Å². The zero-order chi connectivity index (χ0) is 43.8. The Labute approximate surface area is 368 Å². The number of rotatable bonds is 40. The van der Waals surface area contributed by atoms with Gasteiger partial charge in [-0.05, 0) is 83.5 Å². The lowest BCUT2D eigenvalue weighted by Crippen LogP contribution is -2.46. The lowest BCUT2D eigenvalue weighted by Gasteiger charge is -2.24. The molecule has 0 spiro atoms. The van der Waals surface area contributed by atoms with Crippen molar-refractivity contribution < 1.29 is 24.5 Å². The Morgan fingerprint density at radius 3 is 1.53 bits per heavy atom. The van der Waals surface area contributed by atoms with Crippen LogP contribution in [0.2, 0.25) is 0 Å². The van der Waals surface area contributed by atoms with E-state index in [9.17, 15) is 19.8 Å². The number of carbonyl (C=O) groups is 2. The fraction of sp³-hybridized carbons (Fsp3) is 0.593. The number of aliphatic hydroxyl groups excluding tert-OH is 2. The number of esters is 1. The number of carbonyl (C=O) groups excluding carboxylic acids is 2. The lowest BCUT2D eigenvalue weighted by molar-refractivity contribution is -0.150. The van der Waals surface area contributed by atoms with Crippen molar-refractivity contribution in [2.24, 2.45) is 0 Å². The second kappa shape index (κ2) is 46.3. The van der Waals surface area contributed by atoms with Crippen molar-refractivity contribution in [2.45, 2.75) is 200 Å². The van der Waals surface area contributed by atoms with Gasteiger partial charge in [0.25, 0.3) is 0 Å². The van der Waals surface area contributed by atoms with Crippen molar-refractivity contribution >= 4 is 11.9 Å². The van der Waals surface area contributed by atoms with Gasteiger partial charge >= 0.3 is 5.97 Å². The number of hydrogen-bond acceptors (Lipinski definition) is 5. The van der Waals surface area contributed by atoms with Crippen molar-refractivity contribution in [2.75, 3.05) is 6.61 Å². The van der Waals surface area contributed by atoms with Gasteiger partial charge in [0, 0.05) is 6.42 Å². The minimum Gasteiger partial charge on any atom is -0.462 e. The van der Waals surface area contributed by atoms with Gasteiger partial charge in [0.1, 0.15) is 6.10 Å². The van der Waals surface area contributed by atoms with E-state index in [1.807, 2.05) is 36.5 Å². The molecule has 0 aliphatic heterocycles. The van der Waals surface area contributed by atoms with E-state index in [1.54, 1.807) is 0 Å². The summed E-state index contributed by atoms with van der Waals surface area (Å²) in [7, 11) is 0. The van der Waals surface area contributed by atoms with Crippen molar-refractivity contribution in [3.05, 3.63) is 122 Å². The third-order valence-electron chi connectivity index (χ3n) is 9.89. The third-order valence-corrected chi connectivity index (χ3v) is 9.89. The van der Waals surface area contributed by atoms with E-state index in [1.165, 1.54) is 38.5 Å². The average molecular weight is 830 g/mol. The fourth-order valence-corrected chi connectivity index (χ4v) is 6.35. The molecule has 3 atom stereocenters. The van der Waals surface area contributed by atoms with Crippen LogP contribution in [0.3, 0.4) is 0 Å². The van der Waals surface area contributed by atoms with E-state index in [0.29, 0.717) is 19.3 Å². The molecule has 6 heteroatoms. The highest BCUT2D eigenvalue weighted by molar-refractivity contribution is 5.77. The second-order valence-corrected chi connectivity index (χ2v) is 15.5. The van der Waals surface area contributed by atoms with Gasteiger partial charge in [-0.15, -0.1) is 0 Å². The maximum absolute atomic E-state index is 13.1. The minimum atomic E-state index is -0.817. The highest BCUT2D eigenvalue weighted by Crippen LogP contribution is 2.16. The Kier molecular flexibility index (Phi) is 43.4. The van der Waals surface area contributed by atoms with E-state index in [-0.39, 0.29) is 31.3 Å². The zero-order valence-corrected chi connectivity index (χ0v) is 38.3. The molecule has 0 heterocycles. The van der Waals surface area contributed by atoms with Crippen LogP contribution in [0, 0.1) is 0 Å². The summed E-state index contributed by atoms with van der Waals surface area (Å²) >= 11 is 0. The normalized spacial score (nSPS) is 14.4. The molecule has 0 aromatic heterocycles. The maximum atomic E-state index is 13.1. The van der Waals surface area contributed by atoms with Crippen molar-refractivity contribution in [1.29, 1.82) is 0 Å². The van der Waals surface area contributed by atoms with Crippen LogP contribution in [0.5, 0.6) is 0 Å². The van der Waals surface area contributed by atoms with E-state index >= 15 is 0 Å². The number of ether oxygens (including phenoxy) is 1. The van der Waals surface area contributed by atoms with E-state index in [0.717, 1.165) is 89.9 Å². The van der Waals surface area contributed by atoms with E-state index in [2.05, 4.69) is 111 Å². The highest BCUT2D eigenvalue weighted by Gasteiger charge is 2.24. The molecule has 0 aliphatic carbocycles. The molecular formula is C54H87NO5. The van der Waals surface area contributed by atoms with Crippen LogP contribution in [0.25, 0.3) is 0 Å². The number of hydrogen-bond donors (Lipinski definition) is 3. The first kappa shape index (κ1) is 56.3. The van der Waals surface area contributed by atoms with Gasteiger partial charge in [-0.3, -0.25) is 9.59 Å². The molecule has 338 valence electrons.